The van der Waals surface area contributed by atoms with E-state index in [9.17, 15) is 8.42 Å². The van der Waals surface area contributed by atoms with Gasteiger partial charge in [-0.25, -0.2) is 12.7 Å². The van der Waals surface area contributed by atoms with Gasteiger partial charge in [0.2, 0.25) is 15.5 Å². The van der Waals surface area contributed by atoms with Gasteiger partial charge in [0.1, 0.15) is 6.10 Å². The van der Waals surface area contributed by atoms with E-state index in [2.05, 4.69) is 0 Å². The number of rotatable bonds is 3. The highest BCUT2D eigenvalue weighted by Crippen LogP contribution is 2.42. The van der Waals surface area contributed by atoms with E-state index in [1.165, 1.54) is 18.4 Å². The fraction of sp³-hybridized carbons (Fsp3) is 0.400. The Kier molecular flexibility index (Phi) is 2.54. The monoisotopic (exact) mass is 227 g/mol. The summed E-state index contributed by atoms with van der Waals surface area (Å²) < 4.78 is 29.7. The molecule has 2 rings (SSSR count). The zero-order valence-electron chi connectivity index (χ0n) is 8.62. The maximum absolute atomic E-state index is 11.7. The first kappa shape index (κ1) is 10.6. The fourth-order valence-electron chi connectivity index (χ4n) is 1.41. The molecule has 0 radical (unpaired) electrons. The van der Waals surface area contributed by atoms with Gasteiger partial charge in [-0.15, -0.1) is 0 Å². The maximum Gasteiger partial charge on any atom is 0.243 e. The second-order valence-electron chi connectivity index (χ2n) is 3.66. The molecular formula is C10H13NO3S. The van der Waals surface area contributed by atoms with E-state index in [1.807, 2.05) is 30.3 Å². The van der Waals surface area contributed by atoms with Crippen LogP contribution in [0.2, 0.25) is 0 Å². The van der Waals surface area contributed by atoms with Crippen molar-refractivity contribution >= 4 is 10.0 Å². The van der Waals surface area contributed by atoms with E-state index >= 15 is 0 Å². The highest BCUT2D eigenvalue weighted by Gasteiger charge is 2.51. The van der Waals surface area contributed by atoms with Gasteiger partial charge < -0.3 is 4.74 Å². The second-order valence-corrected chi connectivity index (χ2v) is 5.89. The predicted molar refractivity (Wildman–Crippen MR) is 56.7 cm³/mol. The lowest BCUT2D eigenvalue weighted by molar-refractivity contribution is 0.391. The van der Waals surface area contributed by atoms with Gasteiger partial charge in [0, 0.05) is 14.1 Å². The summed E-state index contributed by atoms with van der Waals surface area (Å²) in [6, 6.07) is 9.37. The van der Waals surface area contributed by atoms with Gasteiger partial charge in [-0.3, -0.25) is 0 Å². The molecule has 0 saturated carbocycles. The first-order valence-corrected chi connectivity index (χ1v) is 6.15. The lowest BCUT2D eigenvalue weighted by atomic mass is 10.2. The molecule has 0 N–H and O–H groups in total. The molecular weight excluding hydrogens is 214 g/mol. The van der Waals surface area contributed by atoms with Crippen LogP contribution < -0.4 is 0 Å². The summed E-state index contributed by atoms with van der Waals surface area (Å²) in [6.07, 6.45) is -0.307. The number of hydrogen-bond donors (Lipinski definition) is 0. The van der Waals surface area contributed by atoms with Crippen molar-refractivity contribution in [2.75, 3.05) is 14.1 Å². The molecule has 0 aromatic heterocycles. The average molecular weight is 227 g/mol. The summed E-state index contributed by atoms with van der Waals surface area (Å²) in [4.78, 5) is 0. The summed E-state index contributed by atoms with van der Waals surface area (Å²) in [5.74, 6) is 0. The van der Waals surface area contributed by atoms with Crippen LogP contribution in [0.25, 0.3) is 0 Å². The molecule has 0 spiro atoms. The molecule has 0 bridgehead atoms. The minimum absolute atomic E-state index is 0.307. The molecule has 15 heavy (non-hydrogen) atoms. The standard InChI is InChI=1S/C10H13NO3S/c1-11(2)15(12,13)10-9(14-10)8-6-4-3-5-7-8/h3-7,9-10H,1-2H3/t9-,10-/m0/s1. The average Bonchev–Trinajstić information content (AvgIpc) is 2.98. The Morgan fingerprint density at radius 3 is 2.33 bits per heavy atom. The second kappa shape index (κ2) is 3.59. The number of hydrogen-bond acceptors (Lipinski definition) is 3. The van der Waals surface area contributed by atoms with E-state index in [1.54, 1.807) is 0 Å². The quantitative estimate of drug-likeness (QED) is 0.723. The minimum Gasteiger partial charge on any atom is -0.346 e. The number of nitrogens with zero attached hydrogens (tertiary/aromatic N) is 1. The summed E-state index contributed by atoms with van der Waals surface area (Å²) in [7, 11) is -0.264. The van der Waals surface area contributed by atoms with Crippen LogP contribution in [0.3, 0.4) is 0 Å². The summed E-state index contributed by atoms with van der Waals surface area (Å²) in [5, 5.41) is 0. The van der Waals surface area contributed by atoms with Crippen molar-refractivity contribution in [2.24, 2.45) is 0 Å². The molecule has 1 saturated heterocycles. The molecule has 1 aliphatic heterocycles. The molecule has 1 aliphatic rings. The maximum atomic E-state index is 11.7. The first-order chi connectivity index (χ1) is 7.03. The Bertz CT molecular complexity index is 441. The van der Waals surface area contributed by atoms with Crippen LogP contribution >= 0.6 is 0 Å². The molecule has 1 fully saturated rings. The van der Waals surface area contributed by atoms with Gasteiger partial charge in [0.25, 0.3) is 0 Å². The zero-order chi connectivity index (χ0) is 11.1. The van der Waals surface area contributed by atoms with Crippen LogP contribution in [0.15, 0.2) is 30.3 Å². The van der Waals surface area contributed by atoms with E-state index in [4.69, 9.17) is 4.74 Å². The van der Waals surface area contributed by atoms with Gasteiger partial charge >= 0.3 is 0 Å². The van der Waals surface area contributed by atoms with E-state index < -0.39 is 15.5 Å². The Morgan fingerprint density at radius 2 is 1.80 bits per heavy atom. The Morgan fingerprint density at radius 1 is 1.20 bits per heavy atom. The smallest absolute Gasteiger partial charge is 0.243 e. The molecule has 1 aromatic rings. The SMILES string of the molecule is CN(C)S(=O)(=O)[C@@H]1O[C@H]1c1ccccc1. The van der Waals surface area contributed by atoms with Crippen molar-refractivity contribution in [3.05, 3.63) is 35.9 Å². The van der Waals surface area contributed by atoms with Gasteiger partial charge in [-0.1, -0.05) is 30.3 Å². The highest BCUT2D eigenvalue weighted by atomic mass is 32.2. The van der Waals surface area contributed by atoms with Gasteiger partial charge in [-0.05, 0) is 5.56 Å². The van der Waals surface area contributed by atoms with Crippen LogP contribution in [0.5, 0.6) is 0 Å². The van der Waals surface area contributed by atoms with Crippen molar-refractivity contribution < 1.29 is 13.2 Å². The molecule has 0 amide bonds. The number of benzene rings is 1. The van der Waals surface area contributed by atoms with Crippen LogP contribution in [0, 0.1) is 0 Å². The van der Waals surface area contributed by atoms with Gasteiger partial charge in [-0.2, -0.15) is 0 Å². The van der Waals surface area contributed by atoms with Gasteiger partial charge in [0.15, 0.2) is 0 Å². The van der Waals surface area contributed by atoms with Crippen LogP contribution in [0.4, 0.5) is 0 Å². The molecule has 0 aliphatic carbocycles. The van der Waals surface area contributed by atoms with Crippen LogP contribution in [-0.2, 0) is 14.8 Å². The van der Waals surface area contributed by atoms with Gasteiger partial charge in [0.05, 0.1) is 0 Å². The van der Waals surface area contributed by atoms with Crippen molar-refractivity contribution in [3.63, 3.8) is 0 Å². The molecule has 82 valence electrons. The predicted octanol–water partition coefficient (Wildman–Crippen LogP) is 0.975. The molecule has 4 nitrogen and oxygen atoms in total. The first-order valence-electron chi connectivity index (χ1n) is 4.65. The van der Waals surface area contributed by atoms with Crippen molar-refractivity contribution in [3.8, 4) is 0 Å². The summed E-state index contributed by atoms with van der Waals surface area (Å²) in [6.45, 7) is 0. The highest BCUT2D eigenvalue weighted by molar-refractivity contribution is 7.89. The van der Waals surface area contributed by atoms with Crippen molar-refractivity contribution in [1.82, 2.24) is 4.31 Å². The third-order valence-corrected chi connectivity index (χ3v) is 4.35. The topological polar surface area (TPSA) is 49.9 Å². The molecule has 1 heterocycles. The minimum atomic E-state index is -3.29. The Hall–Kier alpha value is -0.910. The fourth-order valence-corrected chi connectivity index (χ4v) is 2.56. The van der Waals surface area contributed by atoms with E-state index in [0.29, 0.717) is 0 Å². The molecule has 2 atom stereocenters. The Labute approximate surface area is 89.5 Å². The Balaban J connectivity index is 2.16. The number of ether oxygens (including phenoxy) is 1. The lowest BCUT2D eigenvalue weighted by Gasteiger charge is -2.07. The zero-order valence-corrected chi connectivity index (χ0v) is 9.44. The van der Waals surface area contributed by atoms with Crippen LogP contribution in [-0.4, -0.2) is 32.3 Å². The van der Waals surface area contributed by atoms with Crippen molar-refractivity contribution in [2.45, 2.75) is 11.5 Å². The lowest BCUT2D eigenvalue weighted by Crippen LogP contribution is -2.26. The number of epoxide rings is 1. The number of sulfonamides is 1. The molecule has 0 unspecified atom stereocenters. The molecule has 1 aromatic carbocycles. The van der Waals surface area contributed by atoms with Crippen LogP contribution in [0.1, 0.15) is 11.7 Å². The summed E-state index contributed by atoms with van der Waals surface area (Å²) in [5.41, 5.74) is 0.197. The summed E-state index contributed by atoms with van der Waals surface area (Å²) >= 11 is 0. The third kappa shape index (κ3) is 1.90. The van der Waals surface area contributed by atoms with E-state index in [0.717, 1.165) is 5.56 Å². The normalized spacial score (nSPS) is 25.5. The van der Waals surface area contributed by atoms with E-state index in [-0.39, 0.29) is 6.10 Å². The third-order valence-electron chi connectivity index (χ3n) is 2.38. The largest absolute Gasteiger partial charge is 0.346 e. The van der Waals surface area contributed by atoms with Crippen molar-refractivity contribution in [1.29, 1.82) is 0 Å². The molecule has 5 heteroatoms.